The molecule has 0 aliphatic heterocycles. The van der Waals surface area contributed by atoms with Crippen LogP contribution in [0.3, 0.4) is 0 Å². The van der Waals surface area contributed by atoms with E-state index >= 15 is 0 Å². The number of hydrogen-bond donors (Lipinski definition) is 1. The van der Waals surface area contributed by atoms with Gasteiger partial charge in [-0.05, 0) is 25.0 Å². The zero-order valence-electron chi connectivity index (χ0n) is 17.0. The van der Waals surface area contributed by atoms with Crippen LogP contribution in [0, 0.1) is 0 Å². The molecule has 1 N–H and O–H groups in total. The molecule has 0 aromatic carbocycles. The monoisotopic (exact) mass is 439 g/mol. The van der Waals surface area contributed by atoms with Crippen molar-refractivity contribution >= 4 is 33.3 Å². The molecule has 0 unspecified atom stereocenters. The number of sulfonamides is 1. The summed E-state index contributed by atoms with van der Waals surface area (Å²) in [6.45, 7) is 4.46. The van der Waals surface area contributed by atoms with Crippen molar-refractivity contribution in [3.05, 3.63) is 18.3 Å². The van der Waals surface area contributed by atoms with E-state index in [1.807, 2.05) is 13.8 Å². The van der Waals surface area contributed by atoms with Gasteiger partial charge in [-0.2, -0.15) is 4.31 Å². The summed E-state index contributed by atoms with van der Waals surface area (Å²) in [7, 11) is -3.55. The number of carbonyl (C=O) groups excluding carboxylic acids is 1. The number of hydrogen-bond acceptors (Lipinski definition) is 6. The maximum absolute atomic E-state index is 12.8. The Balaban J connectivity index is 1.65. The minimum atomic E-state index is -3.55. The lowest BCUT2D eigenvalue weighted by Crippen LogP contribution is -2.36. The van der Waals surface area contributed by atoms with Gasteiger partial charge in [0.1, 0.15) is 0 Å². The molecule has 0 saturated heterocycles. The van der Waals surface area contributed by atoms with Crippen molar-refractivity contribution in [2.24, 2.45) is 0 Å². The first-order valence-electron chi connectivity index (χ1n) is 10.2. The second kappa shape index (κ2) is 9.90. The third-order valence-corrected chi connectivity index (χ3v) is 8.20. The number of amides is 1. The summed E-state index contributed by atoms with van der Waals surface area (Å²) in [6.07, 6.45) is 7.72. The SMILES string of the molecule is CCN(CC)S(=O)(=O)c1ccc2nnc(SCCC(=O)NC3CCCCC3)n2c1. The fourth-order valence-corrected chi connectivity index (χ4v) is 5.91. The van der Waals surface area contributed by atoms with Crippen molar-refractivity contribution < 1.29 is 13.2 Å². The Morgan fingerprint density at radius 3 is 2.62 bits per heavy atom. The van der Waals surface area contributed by atoms with E-state index in [9.17, 15) is 13.2 Å². The molecular formula is C19H29N5O3S2. The summed E-state index contributed by atoms with van der Waals surface area (Å²) in [5.74, 6) is 0.620. The smallest absolute Gasteiger partial charge is 0.244 e. The lowest BCUT2D eigenvalue weighted by Gasteiger charge is -2.22. The van der Waals surface area contributed by atoms with Gasteiger partial charge in [0, 0.05) is 37.5 Å². The molecule has 1 aliphatic rings. The number of nitrogens with one attached hydrogen (secondary N) is 1. The van der Waals surface area contributed by atoms with Crippen LogP contribution in [0.15, 0.2) is 28.4 Å². The predicted molar refractivity (Wildman–Crippen MR) is 113 cm³/mol. The molecule has 3 rings (SSSR count). The number of thioether (sulfide) groups is 1. The Morgan fingerprint density at radius 1 is 1.21 bits per heavy atom. The number of nitrogens with zero attached hydrogens (tertiary/aromatic N) is 4. The number of carbonyl (C=O) groups is 1. The van der Waals surface area contributed by atoms with E-state index in [2.05, 4.69) is 15.5 Å². The molecule has 2 heterocycles. The van der Waals surface area contributed by atoms with Gasteiger partial charge in [-0.25, -0.2) is 8.42 Å². The van der Waals surface area contributed by atoms with Crippen LogP contribution in [-0.2, 0) is 14.8 Å². The fourth-order valence-electron chi connectivity index (χ4n) is 3.60. The van der Waals surface area contributed by atoms with Crippen LogP contribution in [-0.4, -0.2) is 58.1 Å². The van der Waals surface area contributed by atoms with E-state index in [4.69, 9.17) is 0 Å². The van der Waals surface area contributed by atoms with Crippen LogP contribution in [0.2, 0.25) is 0 Å². The second-order valence-electron chi connectivity index (χ2n) is 7.17. The topological polar surface area (TPSA) is 96.7 Å². The highest BCUT2D eigenvalue weighted by Gasteiger charge is 2.23. The maximum Gasteiger partial charge on any atom is 0.244 e. The van der Waals surface area contributed by atoms with Crippen molar-refractivity contribution in [2.45, 2.75) is 68.5 Å². The Bertz CT molecular complexity index is 934. The van der Waals surface area contributed by atoms with Crippen LogP contribution in [0.1, 0.15) is 52.4 Å². The summed E-state index contributed by atoms with van der Waals surface area (Å²) in [5.41, 5.74) is 0.581. The molecule has 1 fully saturated rings. The van der Waals surface area contributed by atoms with Crippen LogP contribution in [0.5, 0.6) is 0 Å². The molecular weight excluding hydrogens is 410 g/mol. The summed E-state index contributed by atoms with van der Waals surface area (Å²) in [5, 5.41) is 11.9. The molecule has 160 valence electrons. The first kappa shape index (κ1) is 22.0. The average Bonchev–Trinajstić information content (AvgIpc) is 3.12. The Labute approximate surface area is 176 Å². The van der Waals surface area contributed by atoms with Gasteiger partial charge in [-0.3, -0.25) is 9.20 Å². The first-order valence-corrected chi connectivity index (χ1v) is 12.6. The van der Waals surface area contributed by atoms with Gasteiger partial charge < -0.3 is 5.32 Å². The van der Waals surface area contributed by atoms with E-state index in [1.165, 1.54) is 35.3 Å². The zero-order valence-corrected chi connectivity index (χ0v) is 18.6. The minimum Gasteiger partial charge on any atom is -0.353 e. The first-order chi connectivity index (χ1) is 14.0. The highest BCUT2D eigenvalue weighted by Crippen LogP contribution is 2.22. The normalized spacial score (nSPS) is 15.8. The van der Waals surface area contributed by atoms with Crippen molar-refractivity contribution in [1.29, 1.82) is 0 Å². The third kappa shape index (κ3) is 5.29. The van der Waals surface area contributed by atoms with Gasteiger partial charge in [0.05, 0.1) is 4.90 Å². The summed E-state index contributed by atoms with van der Waals surface area (Å²) in [6, 6.07) is 3.52. The molecule has 8 nitrogen and oxygen atoms in total. The molecule has 10 heteroatoms. The van der Waals surface area contributed by atoms with Crippen LogP contribution < -0.4 is 5.32 Å². The van der Waals surface area contributed by atoms with Crippen molar-refractivity contribution in [2.75, 3.05) is 18.8 Å². The predicted octanol–water partition coefficient (Wildman–Crippen LogP) is 2.69. The molecule has 29 heavy (non-hydrogen) atoms. The summed E-state index contributed by atoms with van der Waals surface area (Å²) >= 11 is 1.41. The highest BCUT2D eigenvalue weighted by atomic mass is 32.2. The third-order valence-electron chi connectivity index (χ3n) is 5.22. The van der Waals surface area contributed by atoms with Gasteiger partial charge in [0.15, 0.2) is 10.8 Å². The largest absolute Gasteiger partial charge is 0.353 e. The average molecular weight is 440 g/mol. The van der Waals surface area contributed by atoms with E-state index in [0.29, 0.717) is 42.1 Å². The molecule has 0 spiro atoms. The lowest BCUT2D eigenvalue weighted by molar-refractivity contribution is -0.121. The fraction of sp³-hybridized carbons (Fsp3) is 0.632. The zero-order chi connectivity index (χ0) is 20.9. The molecule has 2 aromatic rings. The molecule has 0 bridgehead atoms. The van der Waals surface area contributed by atoms with Crippen molar-refractivity contribution in [1.82, 2.24) is 24.2 Å². The van der Waals surface area contributed by atoms with Gasteiger partial charge in [0.2, 0.25) is 15.9 Å². The van der Waals surface area contributed by atoms with E-state index in [1.54, 1.807) is 22.7 Å². The summed E-state index contributed by atoms with van der Waals surface area (Å²) < 4.78 is 28.6. The molecule has 1 amide bonds. The standard InChI is InChI=1S/C19H29N5O3S2/c1-3-23(4-2)29(26,27)16-10-11-17-21-22-19(24(17)14-16)28-13-12-18(25)20-15-8-6-5-7-9-15/h10-11,14-15H,3-9,12-13H2,1-2H3,(H,20,25). The van der Waals surface area contributed by atoms with Gasteiger partial charge >= 0.3 is 0 Å². The van der Waals surface area contributed by atoms with E-state index < -0.39 is 10.0 Å². The van der Waals surface area contributed by atoms with Gasteiger partial charge in [-0.1, -0.05) is 44.9 Å². The second-order valence-corrected chi connectivity index (χ2v) is 10.2. The molecule has 0 radical (unpaired) electrons. The van der Waals surface area contributed by atoms with Crippen molar-refractivity contribution in [3.8, 4) is 0 Å². The van der Waals surface area contributed by atoms with Crippen LogP contribution in [0.4, 0.5) is 0 Å². The molecule has 1 aliphatic carbocycles. The van der Waals surface area contributed by atoms with Crippen LogP contribution >= 0.6 is 11.8 Å². The van der Waals surface area contributed by atoms with Gasteiger partial charge in [0.25, 0.3) is 0 Å². The lowest BCUT2D eigenvalue weighted by atomic mass is 9.95. The van der Waals surface area contributed by atoms with E-state index in [-0.39, 0.29) is 10.8 Å². The number of pyridine rings is 1. The summed E-state index contributed by atoms with van der Waals surface area (Å²) in [4.78, 5) is 12.4. The quantitative estimate of drug-likeness (QED) is 0.604. The Kier molecular flexibility index (Phi) is 7.53. The van der Waals surface area contributed by atoms with E-state index in [0.717, 1.165) is 12.8 Å². The molecule has 0 atom stereocenters. The highest BCUT2D eigenvalue weighted by molar-refractivity contribution is 7.99. The Morgan fingerprint density at radius 2 is 1.93 bits per heavy atom. The maximum atomic E-state index is 12.8. The van der Waals surface area contributed by atoms with Crippen LogP contribution in [0.25, 0.3) is 5.65 Å². The number of rotatable bonds is 9. The van der Waals surface area contributed by atoms with Gasteiger partial charge in [-0.15, -0.1) is 10.2 Å². The number of aromatic nitrogens is 3. The molecule has 1 saturated carbocycles. The van der Waals surface area contributed by atoms with Crippen molar-refractivity contribution in [3.63, 3.8) is 0 Å². The molecule has 2 aromatic heterocycles. The number of fused-ring (bicyclic) bond motifs is 1. The Hall–Kier alpha value is -1.65. The minimum absolute atomic E-state index is 0.0584.